The molecule has 0 unspecified atom stereocenters. The summed E-state index contributed by atoms with van der Waals surface area (Å²) >= 11 is 0. The van der Waals surface area contributed by atoms with Gasteiger partial charge in [0.2, 0.25) is 11.8 Å². The van der Waals surface area contributed by atoms with Crippen LogP contribution in [0.3, 0.4) is 0 Å². The van der Waals surface area contributed by atoms with Gasteiger partial charge in [-0.05, 0) is 43.7 Å². The summed E-state index contributed by atoms with van der Waals surface area (Å²) < 4.78 is 0. The summed E-state index contributed by atoms with van der Waals surface area (Å²) in [5, 5.41) is 0. The van der Waals surface area contributed by atoms with Gasteiger partial charge in [-0.3, -0.25) is 9.59 Å². The van der Waals surface area contributed by atoms with Gasteiger partial charge >= 0.3 is 0 Å². The van der Waals surface area contributed by atoms with Gasteiger partial charge in [0.05, 0.1) is 0 Å². The van der Waals surface area contributed by atoms with E-state index in [2.05, 4.69) is 19.9 Å². The number of piperidine rings is 1. The average Bonchev–Trinajstić information content (AvgIpc) is 3.06. The molecule has 0 saturated carbocycles. The van der Waals surface area contributed by atoms with Crippen molar-refractivity contribution < 1.29 is 9.59 Å². The molecule has 2 aliphatic rings. The minimum Gasteiger partial charge on any atom is -0.342 e. The summed E-state index contributed by atoms with van der Waals surface area (Å²) in [6, 6.07) is 8.20. The van der Waals surface area contributed by atoms with Crippen molar-refractivity contribution in [1.29, 1.82) is 0 Å². The third-order valence-corrected chi connectivity index (χ3v) is 5.64. The summed E-state index contributed by atoms with van der Waals surface area (Å²) in [4.78, 5) is 29.3. The first-order valence-electron chi connectivity index (χ1n) is 9.33. The van der Waals surface area contributed by atoms with E-state index >= 15 is 0 Å². The Morgan fingerprint density at radius 2 is 1.75 bits per heavy atom. The fourth-order valence-electron chi connectivity index (χ4n) is 4.03. The van der Waals surface area contributed by atoms with E-state index < -0.39 is 0 Å². The van der Waals surface area contributed by atoms with Gasteiger partial charge in [-0.15, -0.1) is 0 Å². The fourth-order valence-corrected chi connectivity index (χ4v) is 4.03. The molecule has 130 valence electrons. The van der Waals surface area contributed by atoms with Gasteiger partial charge in [0.25, 0.3) is 0 Å². The van der Waals surface area contributed by atoms with E-state index in [-0.39, 0.29) is 23.7 Å². The Morgan fingerprint density at radius 1 is 1.08 bits per heavy atom. The van der Waals surface area contributed by atoms with Gasteiger partial charge in [-0.2, -0.15) is 0 Å². The molecule has 0 bridgehead atoms. The van der Waals surface area contributed by atoms with E-state index in [4.69, 9.17) is 0 Å². The van der Waals surface area contributed by atoms with E-state index in [1.165, 1.54) is 5.56 Å². The van der Waals surface area contributed by atoms with Crippen LogP contribution in [0.25, 0.3) is 0 Å². The minimum absolute atomic E-state index is 0.0573. The molecule has 0 spiro atoms. The Labute approximate surface area is 144 Å². The van der Waals surface area contributed by atoms with Crippen LogP contribution in [0.4, 0.5) is 5.69 Å². The molecule has 1 saturated heterocycles. The van der Waals surface area contributed by atoms with Crippen molar-refractivity contribution in [3.8, 4) is 0 Å². The predicted octanol–water partition coefficient (Wildman–Crippen LogP) is 3.25. The monoisotopic (exact) mass is 328 g/mol. The van der Waals surface area contributed by atoms with Crippen LogP contribution >= 0.6 is 0 Å². The molecular formula is C20H28N2O2. The van der Waals surface area contributed by atoms with Crippen molar-refractivity contribution >= 4 is 17.5 Å². The molecule has 2 amide bonds. The van der Waals surface area contributed by atoms with Crippen molar-refractivity contribution in [1.82, 2.24) is 4.90 Å². The molecule has 24 heavy (non-hydrogen) atoms. The van der Waals surface area contributed by atoms with Gasteiger partial charge in [0, 0.05) is 37.2 Å². The standard InChI is InChI=1S/C20H28N2O2/c1-3-15(4-2)19(23)21-12-9-17(10-13-21)20(24)22-14-11-16-7-5-6-8-18(16)22/h5-8,15,17H,3-4,9-14H2,1-2H3. The number of rotatable bonds is 4. The normalized spacial score (nSPS) is 18.1. The molecular weight excluding hydrogens is 300 g/mol. The van der Waals surface area contributed by atoms with Crippen LogP contribution in [0.5, 0.6) is 0 Å². The molecule has 3 rings (SSSR count). The summed E-state index contributed by atoms with van der Waals surface area (Å²) in [6.45, 7) is 6.40. The van der Waals surface area contributed by atoms with Crippen molar-refractivity contribution in [3.05, 3.63) is 29.8 Å². The maximum atomic E-state index is 12.9. The van der Waals surface area contributed by atoms with E-state index in [9.17, 15) is 9.59 Å². The number of para-hydroxylation sites is 1. The lowest BCUT2D eigenvalue weighted by Gasteiger charge is -2.35. The van der Waals surface area contributed by atoms with Crippen LogP contribution < -0.4 is 4.90 Å². The summed E-state index contributed by atoms with van der Waals surface area (Å²) in [5.41, 5.74) is 2.35. The molecule has 2 heterocycles. The Bertz CT molecular complexity index is 601. The highest BCUT2D eigenvalue weighted by Crippen LogP contribution is 2.31. The largest absolute Gasteiger partial charge is 0.342 e. The molecule has 4 heteroatoms. The van der Waals surface area contributed by atoms with Crippen molar-refractivity contribution in [3.63, 3.8) is 0 Å². The van der Waals surface area contributed by atoms with Crippen LogP contribution in [-0.2, 0) is 16.0 Å². The van der Waals surface area contributed by atoms with E-state index in [0.717, 1.165) is 57.4 Å². The quantitative estimate of drug-likeness (QED) is 0.851. The highest BCUT2D eigenvalue weighted by molar-refractivity contribution is 5.97. The van der Waals surface area contributed by atoms with Crippen molar-refractivity contribution in [2.45, 2.75) is 46.0 Å². The first-order valence-corrected chi connectivity index (χ1v) is 9.33. The van der Waals surface area contributed by atoms with Gasteiger partial charge in [-0.25, -0.2) is 0 Å². The smallest absolute Gasteiger partial charge is 0.230 e. The molecule has 0 radical (unpaired) electrons. The fraction of sp³-hybridized carbons (Fsp3) is 0.600. The lowest BCUT2D eigenvalue weighted by atomic mass is 9.93. The molecule has 0 aliphatic carbocycles. The molecule has 1 aromatic carbocycles. The van der Waals surface area contributed by atoms with E-state index in [1.807, 2.05) is 28.0 Å². The third kappa shape index (κ3) is 3.19. The first kappa shape index (κ1) is 17.0. The van der Waals surface area contributed by atoms with Gasteiger partial charge < -0.3 is 9.80 Å². The van der Waals surface area contributed by atoms with Crippen LogP contribution in [0.2, 0.25) is 0 Å². The second-order valence-corrected chi connectivity index (χ2v) is 6.98. The second-order valence-electron chi connectivity index (χ2n) is 6.98. The Kier molecular flexibility index (Phi) is 5.22. The zero-order valence-electron chi connectivity index (χ0n) is 14.8. The van der Waals surface area contributed by atoms with Gasteiger partial charge in [0.1, 0.15) is 0 Å². The van der Waals surface area contributed by atoms with Crippen LogP contribution in [0, 0.1) is 11.8 Å². The Hall–Kier alpha value is -1.84. The molecule has 4 nitrogen and oxygen atoms in total. The van der Waals surface area contributed by atoms with Crippen LogP contribution in [0.15, 0.2) is 24.3 Å². The Morgan fingerprint density at radius 3 is 2.42 bits per heavy atom. The van der Waals surface area contributed by atoms with Crippen molar-refractivity contribution in [2.75, 3.05) is 24.5 Å². The zero-order valence-corrected chi connectivity index (χ0v) is 14.8. The maximum absolute atomic E-state index is 12.9. The zero-order chi connectivity index (χ0) is 17.1. The number of likely N-dealkylation sites (tertiary alicyclic amines) is 1. The maximum Gasteiger partial charge on any atom is 0.230 e. The van der Waals surface area contributed by atoms with Gasteiger partial charge in [0.15, 0.2) is 0 Å². The molecule has 1 aromatic rings. The molecule has 2 aliphatic heterocycles. The predicted molar refractivity (Wildman–Crippen MR) is 95.9 cm³/mol. The average molecular weight is 328 g/mol. The van der Waals surface area contributed by atoms with Crippen molar-refractivity contribution in [2.24, 2.45) is 11.8 Å². The highest BCUT2D eigenvalue weighted by atomic mass is 16.2. The lowest BCUT2D eigenvalue weighted by Crippen LogP contribution is -2.45. The molecule has 0 aromatic heterocycles. The molecule has 1 fully saturated rings. The summed E-state index contributed by atoms with van der Waals surface area (Å²) in [5.74, 6) is 0.719. The first-order chi connectivity index (χ1) is 11.7. The molecule has 0 atom stereocenters. The number of carbonyl (C=O) groups is 2. The van der Waals surface area contributed by atoms with Crippen LogP contribution in [-0.4, -0.2) is 36.3 Å². The number of amides is 2. The third-order valence-electron chi connectivity index (χ3n) is 5.64. The number of hydrogen-bond donors (Lipinski definition) is 0. The van der Waals surface area contributed by atoms with E-state index in [0.29, 0.717) is 0 Å². The number of carbonyl (C=O) groups excluding carboxylic acids is 2. The minimum atomic E-state index is 0.0573. The number of hydrogen-bond acceptors (Lipinski definition) is 2. The topological polar surface area (TPSA) is 40.6 Å². The number of fused-ring (bicyclic) bond motifs is 1. The number of nitrogens with zero attached hydrogens (tertiary/aromatic N) is 2. The number of benzene rings is 1. The Balaban J connectivity index is 1.59. The van der Waals surface area contributed by atoms with Crippen LogP contribution in [0.1, 0.15) is 45.1 Å². The van der Waals surface area contributed by atoms with E-state index in [1.54, 1.807) is 0 Å². The second kappa shape index (κ2) is 7.37. The highest BCUT2D eigenvalue weighted by Gasteiger charge is 2.34. The molecule has 0 N–H and O–H groups in total. The van der Waals surface area contributed by atoms with Gasteiger partial charge in [-0.1, -0.05) is 32.0 Å². The summed E-state index contributed by atoms with van der Waals surface area (Å²) in [6.07, 6.45) is 4.35. The lowest BCUT2D eigenvalue weighted by molar-refractivity contribution is -0.138. The SMILES string of the molecule is CCC(CC)C(=O)N1CCC(C(=O)N2CCc3ccccc32)CC1. The number of anilines is 1. The summed E-state index contributed by atoms with van der Waals surface area (Å²) in [7, 11) is 0.